The number of ether oxygens (including phenoxy) is 2. The zero-order valence-electron chi connectivity index (χ0n) is 19.1. The standard InChI is InChI=1S/C25H28N4O4S/c1-32-22-8-3-2-7-20(22)25-28-21(17-34-25)24(31)26-16-18-5-4-6-19(15-18)27-23(30)9-10-29-11-13-33-14-12-29/h2-8,15,17H,9-14,16H2,1H3,(H,26,31)(H,27,30). The number of benzene rings is 2. The molecule has 0 radical (unpaired) electrons. The molecule has 1 aliphatic heterocycles. The number of carbonyl (C=O) groups is 2. The van der Waals surface area contributed by atoms with Crippen molar-refractivity contribution >= 4 is 28.8 Å². The maximum absolute atomic E-state index is 12.6. The molecular weight excluding hydrogens is 452 g/mol. The largest absolute Gasteiger partial charge is 0.496 e. The van der Waals surface area contributed by atoms with Gasteiger partial charge in [0.05, 0.1) is 25.9 Å². The molecule has 0 unspecified atom stereocenters. The predicted molar refractivity (Wildman–Crippen MR) is 132 cm³/mol. The predicted octanol–water partition coefficient (Wildman–Crippen LogP) is 3.41. The fourth-order valence-corrected chi connectivity index (χ4v) is 4.49. The van der Waals surface area contributed by atoms with Crippen molar-refractivity contribution in [3.63, 3.8) is 0 Å². The summed E-state index contributed by atoms with van der Waals surface area (Å²) in [5.74, 6) is 0.434. The molecule has 3 aromatic rings. The van der Waals surface area contributed by atoms with Gasteiger partial charge in [0, 0.05) is 43.7 Å². The van der Waals surface area contributed by atoms with Crippen LogP contribution in [0.1, 0.15) is 22.5 Å². The van der Waals surface area contributed by atoms with Crippen LogP contribution in [-0.2, 0) is 16.1 Å². The first-order valence-corrected chi connectivity index (χ1v) is 12.1. The van der Waals surface area contributed by atoms with Crippen molar-refractivity contribution in [3.8, 4) is 16.3 Å². The van der Waals surface area contributed by atoms with E-state index in [1.807, 2.05) is 48.5 Å². The lowest BCUT2D eigenvalue weighted by Crippen LogP contribution is -2.38. The fraction of sp³-hybridized carbons (Fsp3) is 0.320. The highest BCUT2D eigenvalue weighted by molar-refractivity contribution is 7.13. The lowest BCUT2D eigenvalue weighted by molar-refractivity contribution is -0.116. The van der Waals surface area contributed by atoms with Crippen LogP contribution < -0.4 is 15.4 Å². The smallest absolute Gasteiger partial charge is 0.271 e. The van der Waals surface area contributed by atoms with Crippen molar-refractivity contribution in [2.45, 2.75) is 13.0 Å². The Hall–Kier alpha value is -3.27. The monoisotopic (exact) mass is 480 g/mol. The molecule has 1 saturated heterocycles. The highest BCUT2D eigenvalue weighted by Crippen LogP contribution is 2.31. The third-order valence-corrected chi connectivity index (χ3v) is 6.37. The Morgan fingerprint density at radius 3 is 2.79 bits per heavy atom. The topological polar surface area (TPSA) is 92.8 Å². The molecule has 0 aliphatic carbocycles. The summed E-state index contributed by atoms with van der Waals surface area (Å²) in [6.45, 7) is 4.22. The van der Waals surface area contributed by atoms with Crippen molar-refractivity contribution in [3.05, 3.63) is 65.2 Å². The number of hydrogen-bond acceptors (Lipinski definition) is 7. The van der Waals surface area contributed by atoms with Gasteiger partial charge in [-0.25, -0.2) is 4.98 Å². The number of aromatic nitrogens is 1. The fourth-order valence-electron chi connectivity index (χ4n) is 3.66. The van der Waals surface area contributed by atoms with E-state index in [-0.39, 0.29) is 11.8 Å². The van der Waals surface area contributed by atoms with Gasteiger partial charge in [0.1, 0.15) is 16.5 Å². The Balaban J connectivity index is 1.29. The van der Waals surface area contributed by atoms with Gasteiger partial charge in [-0.2, -0.15) is 0 Å². The van der Waals surface area contributed by atoms with Crippen LogP contribution in [0.25, 0.3) is 10.6 Å². The number of nitrogens with one attached hydrogen (secondary N) is 2. The minimum Gasteiger partial charge on any atom is -0.496 e. The molecule has 0 atom stereocenters. The summed E-state index contributed by atoms with van der Waals surface area (Å²) < 4.78 is 10.7. The first-order valence-electron chi connectivity index (χ1n) is 11.2. The molecule has 0 saturated carbocycles. The minimum atomic E-state index is -0.252. The number of anilines is 1. The molecule has 2 aromatic carbocycles. The highest BCUT2D eigenvalue weighted by Gasteiger charge is 2.15. The third-order valence-electron chi connectivity index (χ3n) is 5.50. The van der Waals surface area contributed by atoms with Crippen LogP contribution in [0.2, 0.25) is 0 Å². The average Bonchev–Trinajstić information content (AvgIpc) is 3.37. The molecule has 178 valence electrons. The van der Waals surface area contributed by atoms with E-state index in [2.05, 4.69) is 20.5 Å². The van der Waals surface area contributed by atoms with Gasteiger partial charge in [0.2, 0.25) is 5.91 Å². The lowest BCUT2D eigenvalue weighted by Gasteiger charge is -2.26. The highest BCUT2D eigenvalue weighted by atomic mass is 32.1. The average molecular weight is 481 g/mol. The molecule has 1 fully saturated rings. The van der Waals surface area contributed by atoms with Crippen molar-refractivity contribution in [1.82, 2.24) is 15.2 Å². The van der Waals surface area contributed by atoms with Gasteiger partial charge in [-0.05, 0) is 29.8 Å². The second kappa shape index (κ2) is 11.7. The van der Waals surface area contributed by atoms with Crippen LogP contribution in [0.15, 0.2) is 53.9 Å². The molecular formula is C25H28N4O4S. The first-order chi connectivity index (χ1) is 16.6. The number of hydrogen-bond donors (Lipinski definition) is 2. The number of thiazole rings is 1. The number of para-hydroxylation sites is 1. The van der Waals surface area contributed by atoms with E-state index in [1.54, 1.807) is 12.5 Å². The van der Waals surface area contributed by atoms with E-state index in [4.69, 9.17) is 9.47 Å². The molecule has 1 aromatic heterocycles. The Morgan fingerprint density at radius 1 is 1.15 bits per heavy atom. The van der Waals surface area contributed by atoms with Crippen molar-refractivity contribution in [1.29, 1.82) is 0 Å². The van der Waals surface area contributed by atoms with Crippen LogP contribution in [-0.4, -0.2) is 61.7 Å². The summed E-state index contributed by atoms with van der Waals surface area (Å²) >= 11 is 1.40. The molecule has 9 heteroatoms. The second-order valence-electron chi connectivity index (χ2n) is 7.87. The maximum Gasteiger partial charge on any atom is 0.271 e. The van der Waals surface area contributed by atoms with Gasteiger partial charge in [-0.15, -0.1) is 11.3 Å². The number of rotatable bonds is 9. The first kappa shape index (κ1) is 23.9. The number of morpholine rings is 1. The van der Waals surface area contributed by atoms with Gasteiger partial charge in [-0.1, -0.05) is 24.3 Å². The van der Waals surface area contributed by atoms with Gasteiger partial charge in [-0.3, -0.25) is 14.5 Å². The Bertz CT molecular complexity index is 1130. The summed E-state index contributed by atoms with van der Waals surface area (Å²) in [6, 6.07) is 15.1. The summed E-state index contributed by atoms with van der Waals surface area (Å²) in [6.07, 6.45) is 0.430. The molecule has 8 nitrogen and oxygen atoms in total. The summed E-state index contributed by atoms with van der Waals surface area (Å²) in [7, 11) is 1.61. The van der Waals surface area contributed by atoms with Crippen LogP contribution in [0.4, 0.5) is 5.69 Å². The van der Waals surface area contributed by atoms with Crippen LogP contribution in [0.5, 0.6) is 5.75 Å². The molecule has 34 heavy (non-hydrogen) atoms. The quantitative estimate of drug-likeness (QED) is 0.488. The Labute approximate surface area is 202 Å². The Morgan fingerprint density at radius 2 is 1.97 bits per heavy atom. The number of carbonyl (C=O) groups excluding carboxylic acids is 2. The zero-order chi connectivity index (χ0) is 23.8. The normalized spacial score (nSPS) is 13.9. The van der Waals surface area contributed by atoms with E-state index in [0.717, 1.165) is 49.0 Å². The van der Waals surface area contributed by atoms with Gasteiger partial charge < -0.3 is 20.1 Å². The third kappa shape index (κ3) is 6.40. The number of amides is 2. The van der Waals surface area contributed by atoms with E-state index in [9.17, 15) is 9.59 Å². The van der Waals surface area contributed by atoms with Gasteiger partial charge in [0.25, 0.3) is 5.91 Å². The molecule has 0 spiro atoms. The van der Waals surface area contributed by atoms with E-state index < -0.39 is 0 Å². The summed E-state index contributed by atoms with van der Waals surface area (Å²) in [5.41, 5.74) is 2.81. The maximum atomic E-state index is 12.6. The van der Waals surface area contributed by atoms with E-state index in [0.29, 0.717) is 30.1 Å². The Kier molecular flexibility index (Phi) is 8.24. The van der Waals surface area contributed by atoms with Crippen LogP contribution >= 0.6 is 11.3 Å². The number of methoxy groups -OCH3 is 1. The van der Waals surface area contributed by atoms with E-state index >= 15 is 0 Å². The molecule has 1 aliphatic rings. The van der Waals surface area contributed by atoms with Crippen molar-refractivity contribution in [2.24, 2.45) is 0 Å². The van der Waals surface area contributed by atoms with Crippen LogP contribution in [0, 0.1) is 0 Å². The summed E-state index contributed by atoms with van der Waals surface area (Å²) in [5, 5.41) is 8.31. The van der Waals surface area contributed by atoms with Crippen molar-refractivity contribution < 1.29 is 19.1 Å². The van der Waals surface area contributed by atoms with Gasteiger partial charge in [0.15, 0.2) is 0 Å². The SMILES string of the molecule is COc1ccccc1-c1nc(C(=O)NCc2cccc(NC(=O)CCN3CCOCC3)c2)cs1. The zero-order valence-corrected chi connectivity index (χ0v) is 19.9. The van der Waals surface area contributed by atoms with Gasteiger partial charge >= 0.3 is 0 Å². The molecule has 2 amide bonds. The molecule has 2 heterocycles. The van der Waals surface area contributed by atoms with Crippen LogP contribution in [0.3, 0.4) is 0 Å². The molecule has 0 bridgehead atoms. The summed E-state index contributed by atoms with van der Waals surface area (Å²) in [4.78, 5) is 31.7. The molecule has 4 rings (SSSR count). The number of nitrogens with zero attached hydrogens (tertiary/aromatic N) is 2. The molecule has 2 N–H and O–H groups in total. The lowest BCUT2D eigenvalue weighted by atomic mass is 10.2. The minimum absolute atomic E-state index is 0.0287. The van der Waals surface area contributed by atoms with Crippen molar-refractivity contribution in [2.75, 3.05) is 45.3 Å². The van der Waals surface area contributed by atoms with E-state index in [1.165, 1.54) is 11.3 Å². The second-order valence-corrected chi connectivity index (χ2v) is 8.73.